The Labute approximate surface area is 184 Å². The zero-order valence-corrected chi connectivity index (χ0v) is 18.1. The lowest BCUT2D eigenvalue weighted by atomic mass is 9.97. The molecule has 5 nitrogen and oxygen atoms in total. The minimum Gasteiger partial charge on any atom is -0.339 e. The number of para-hydroxylation sites is 1. The van der Waals surface area contributed by atoms with Crippen molar-refractivity contribution in [1.82, 2.24) is 9.88 Å². The van der Waals surface area contributed by atoms with Crippen LogP contribution < -0.4 is 4.90 Å². The van der Waals surface area contributed by atoms with Crippen molar-refractivity contribution in [2.45, 2.75) is 31.6 Å². The van der Waals surface area contributed by atoms with Gasteiger partial charge in [0.25, 0.3) is 5.91 Å². The second kappa shape index (κ2) is 8.00. The lowest BCUT2D eigenvalue weighted by molar-refractivity contribution is -0.117. The molecule has 2 saturated heterocycles. The molecule has 154 valence electrons. The zero-order chi connectivity index (χ0) is 20.7. The summed E-state index contributed by atoms with van der Waals surface area (Å²) < 4.78 is 1.22. The predicted molar refractivity (Wildman–Crippen MR) is 121 cm³/mol. The summed E-state index contributed by atoms with van der Waals surface area (Å²) in [5.41, 5.74) is 2.29. The maximum Gasteiger partial charge on any atom is 0.253 e. The lowest BCUT2D eigenvalue weighted by Gasteiger charge is -2.31. The fourth-order valence-electron chi connectivity index (χ4n) is 4.33. The summed E-state index contributed by atoms with van der Waals surface area (Å²) in [6, 6.07) is 13.5. The molecule has 0 N–H and O–H groups in total. The molecule has 3 aromatic rings. The third-order valence-electron chi connectivity index (χ3n) is 6.00. The van der Waals surface area contributed by atoms with Crippen LogP contribution in [0.4, 0.5) is 5.69 Å². The molecule has 2 aromatic carbocycles. The highest BCUT2D eigenvalue weighted by atomic mass is 35.5. The van der Waals surface area contributed by atoms with Gasteiger partial charge in [-0.15, -0.1) is 11.3 Å². The molecule has 0 aliphatic carbocycles. The number of likely N-dealkylation sites (tertiary alicyclic amines) is 1. The highest BCUT2D eigenvalue weighted by molar-refractivity contribution is 7.18. The van der Waals surface area contributed by atoms with Gasteiger partial charge in [-0.05, 0) is 49.6 Å². The van der Waals surface area contributed by atoms with Gasteiger partial charge in [-0.1, -0.05) is 23.7 Å². The van der Waals surface area contributed by atoms with Crippen molar-refractivity contribution >= 4 is 50.7 Å². The van der Waals surface area contributed by atoms with Crippen LogP contribution in [0.3, 0.4) is 0 Å². The first-order valence-corrected chi connectivity index (χ1v) is 11.5. The molecule has 0 radical (unpaired) electrons. The van der Waals surface area contributed by atoms with Gasteiger partial charge in [-0.2, -0.15) is 0 Å². The molecule has 1 aromatic heterocycles. The molecular formula is C23H22ClN3O2S. The molecular weight excluding hydrogens is 418 g/mol. The van der Waals surface area contributed by atoms with E-state index in [0.717, 1.165) is 24.8 Å². The number of carbonyl (C=O) groups is 2. The van der Waals surface area contributed by atoms with E-state index in [-0.39, 0.29) is 11.8 Å². The summed E-state index contributed by atoms with van der Waals surface area (Å²) in [5.74, 6) is 0.468. The van der Waals surface area contributed by atoms with Crippen molar-refractivity contribution in [2.24, 2.45) is 0 Å². The maximum absolute atomic E-state index is 13.1. The van der Waals surface area contributed by atoms with Gasteiger partial charge in [0.1, 0.15) is 0 Å². The normalized spacial score (nSPS) is 17.8. The third-order valence-corrected chi connectivity index (χ3v) is 7.52. The number of aromatic nitrogens is 1. The van der Waals surface area contributed by atoms with Crippen molar-refractivity contribution < 1.29 is 9.59 Å². The number of anilines is 1. The van der Waals surface area contributed by atoms with Crippen molar-refractivity contribution in [3.63, 3.8) is 0 Å². The molecule has 2 aliphatic rings. The number of piperidine rings is 1. The van der Waals surface area contributed by atoms with Crippen LogP contribution in [0.1, 0.15) is 47.0 Å². The van der Waals surface area contributed by atoms with E-state index in [4.69, 9.17) is 16.6 Å². The first kappa shape index (κ1) is 19.5. The van der Waals surface area contributed by atoms with Crippen LogP contribution in [-0.2, 0) is 4.79 Å². The number of halogens is 1. The van der Waals surface area contributed by atoms with Gasteiger partial charge < -0.3 is 9.80 Å². The van der Waals surface area contributed by atoms with Crippen LogP contribution in [0.25, 0.3) is 10.2 Å². The first-order valence-electron chi connectivity index (χ1n) is 10.3. The molecule has 2 aliphatic heterocycles. The fourth-order valence-corrected chi connectivity index (χ4v) is 5.69. The van der Waals surface area contributed by atoms with E-state index in [9.17, 15) is 9.59 Å². The minimum absolute atomic E-state index is 0.00214. The minimum atomic E-state index is 0.00214. The highest BCUT2D eigenvalue weighted by Gasteiger charge is 2.28. The molecule has 0 atom stereocenters. The first-order chi connectivity index (χ1) is 14.6. The van der Waals surface area contributed by atoms with Crippen LogP contribution in [0, 0.1) is 0 Å². The summed E-state index contributed by atoms with van der Waals surface area (Å²) in [6.45, 7) is 2.07. The Hall–Kier alpha value is -2.44. The summed E-state index contributed by atoms with van der Waals surface area (Å²) >= 11 is 8.09. The van der Waals surface area contributed by atoms with E-state index in [1.165, 1.54) is 9.71 Å². The number of fused-ring (bicyclic) bond motifs is 1. The summed E-state index contributed by atoms with van der Waals surface area (Å²) in [7, 11) is 0. The number of carbonyl (C=O) groups excluding carboxylic acids is 2. The Balaban J connectivity index is 1.29. The van der Waals surface area contributed by atoms with Crippen molar-refractivity contribution in [1.29, 1.82) is 0 Å². The van der Waals surface area contributed by atoms with Crippen LogP contribution in [0.2, 0.25) is 5.02 Å². The van der Waals surface area contributed by atoms with E-state index < -0.39 is 0 Å². The molecule has 0 bridgehead atoms. The van der Waals surface area contributed by atoms with E-state index in [1.54, 1.807) is 34.4 Å². The van der Waals surface area contributed by atoms with E-state index in [2.05, 4.69) is 12.1 Å². The molecule has 3 heterocycles. The number of rotatable bonds is 3. The Bertz CT molecular complexity index is 1090. The molecule has 2 amide bonds. The van der Waals surface area contributed by atoms with Gasteiger partial charge >= 0.3 is 0 Å². The predicted octanol–water partition coefficient (Wildman–Crippen LogP) is 5.10. The zero-order valence-electron chi connectivity index (χ0n) is 16.5. The number of nitrogens with zero attached hydrogens (tertiary/aromatic N) is 3. The molecule has 5 rings (SSSR count). The fraction of sp³-hybridized carbons (Fsp3) is 0.348. The van der Waals surface area contributed by atoms with Crippen LogP contribution in [0.15, 0.2) is 42.5 Å². The van der Waals surface area contributed by atoms with Gasteiger partial charge in [0.15, 0.2) is 0 Å². The number of amides is 2. The number of hydrogen-bond donors (Lipinski definition) is 0. The monoisotopic (exact) mass is 439 g/mol. The topological polar surface area (TPSA) is 53.5 Å². The summed E-state index contributed by atoms with van der Waals surface area (Å²) in [6.07, 6.45) is 3.19. The average Bonchev–Trinajstić information content (AvgIpc) is 3.40. The smallest absolute Gasteiger partial charge is 0.253 e. The average molecular weight is 440 g/mol. The van der Waals surface area contributed by atoms with E-state index in [1.807, 2.05) is 17.0 Å². The van der Waals surface area contributed by atoms with E-state index >= 15 is 0 Å². The van der Waals surface area contributed by atoms with Gasteiger partial charge in [0, 0.05) is 37.5 Å². The number of thiazole rings is 1. The Morgan fingerprint density at radius 3 is 2.63 bits per heavy atom. The van der Waals surface area contributed by atoms with Crippen molar-refractivity contribution in [3.05, 3.63) is 58.1 Å². The molecule has 30 heavy (non-hydrogen) atoms. The van der Waals surface area contributed by atoms with Gasteiger partial charge in [0.05, 0.1) is 25.9 Å². The standard InChI is InChI=1S/C23H22ClN3O2S/c24-17-8-7-16(14-19(17)27-11-3-6-21(27)28)23(29)26-12-9-15(10-13-26)22-25-18-4-1-2-5-20(18)30-22/h1-2,4-5,7-8,14-15H,3,6,9-13H2. The second-order valence-corrected chi connectivity index (χ2v) is 9.37. The third kappa shape index (κ3) is 3.59. The van der Waals surface area contributed by atoms with Crippen LogP contribution in [-0.4, -0.2) is 41.3 Å². The Morgan fingerprint density at radius 1 is 1.10 bits per heavy atom. The molecule has 7 heteroatoms. The SMILES string of the molecule is O=C(c1ccc(Cl)c(N2CCCC2=O)c1)N1CCC(c2nc3ccccc3s2)CC1. The Kier molecular flexibility index (Phi) is 5.21. The van der Waals surface area contributed by atoms with Gasteiger partial charge in [0.2, 0.25) is 5.91 Å². The Morgan fingerprint density at radius 2 is 1.90 bits per heavy atom. The molecule has 0 saturated carbocycles. The molecule has 0 unspecified atom stereocenters. The van der Waals surface area contributed by atoms with Crippen LogP contribution in [0.5, 0.6) is 0 Å². The second-order valence-electron chi connectivity index (χ2n) is 7.90. The van der Waals surface area contributed by atoms with Crippen molar-refractivity contribution in [2.75, 3.05) is 24.5 Å². The quantitative estimate of drug-likeness (QED) is 0.570. The molecule has 2 fully saturated rings. The molecule has 0 spiro atoms. The van der Waals surface area contributed by atoms with Gasteiger partial charge in [-0.3, -0.25) is 9.59 Å². The van der Waals surface area contributed by atoms with Crippen LogP contribution >= 0.6 is 22.9 Å². The number of benzene rings is 2. The van der Waals surface area contributed by atoms with E-state index in [0.29, 0.717) is 48.2 Å². The summed E-state index contributed by atoms with van der Waals surface area (Å²) in [5, 5.41) is 1.68. The lowest BCUT2D eigenvalue weighted by Crippen LogP contribution is -2.38. The summed E-state index contributed by atoms with van der Waals surface area (Å²) in [4.78, 5) is 33.6. The van der Waals surface area contributed by atoms with Crippen molar-refractivity contribution in [3.8, 4) is 0 Å². The maximum atomic E-state index is 13.1. The number of hydrogen-bond acceptors (Lipinski definition) is 4. The van der Waals surface area contributed by atoms with Gasteiger partial charge in [-0.25, -0.2) is 4.98 Å². The highest BCUT2D eigenvalue weighted by Crippen LogP contribution is 2.35. The largest absolute Gasteiger partial charge is 0.339 e.